The van der Waals surface area contributed by atoms with Gasteiger partial charge in [-0.05, 0) is 67.4 Å². The number of hydrogen-bond acceptors (Lipinski definition) is 5. The molecule has 0 bridgehead atoms. The predicted molar refractivity (Wildman–Crippen MR) is 101 cm³/mol. The second-order valence-corrected chi connectivity index (χ2v) is 9.63. The first-order chi connectivity index (χ1) is 12.8. The third-order valence-corrected chi connectivity index (χ3v) is 8.68. The topological polar surface area (TPSA) is 79.1 Å². The lowest BCUT2D eigenvalue weighted by molar-refractivity contribution is -0.184. The van der Waals surface area contributed by atoms with Crippen LogP contribution in [-0.2, 0) is 9.53 Å². The molecule has 1 heterocycles. The average Bonchev–Trinajstić information content (AvgIpc) is 3.19. The fourth-order valence-corrected chi connectivity index (χ4v) is 7.03. The molecule has 27 heavy (non-hydrogen) atoms. The molecule has 5 rings (SSSR count). The molecular formula is C22H29NO4. The standard InChI is InChI=1S/C22H29NO4/c1-20-9-10-22(26)16(4-3-13-11-14(24)7-8-21(13,22)2)15(20)5-6-17(20)18-12-27-19(25)23-18/h6,11,15-16,19,25-26H,3-5,7-10,12H2,1-2H3/t15-,16-,19?,20-,21-,22+/m0/s1. The summed E-state index contributed by atoms with van der Waals surface area (Å²) in [6, 6.07) is 0. The Bertz CT molecular complexity index is 798. The summed E-state index contributed by atoms with van der Waals surface area (Å²) in [5.74, 6) is 0.823. The van der Waals surface area contributed by atoms with Crippen molar-refractivity contribution >= 4 is 11.5 Å². The Labute approximate surface area is 160 Å². The first-order valence-electron chi connectivity index (χ1n) is 10.3. The molecule has 2 saturated carbocycles. The number of carbonyl (C=O) groups excluding carboxylic acids is 1. The normalized spacial score (nSPS) is 49.0. The van der Waals surface area contributed by atoms with Crippen LogP contribution < -0.4 is 0 Å². The van der Waals surface area contributed by atoms with Crippen molar-refractivity contribution in [1.29, 1.82) is 0 Å². The maximum atomic E-state index is 12.0. The Morgan fingerprint density at radius 3 is 2.74 bits per heavy atom. The number of fused-ring (bicyclic) bond motifs is 5. The van der Waals surface area contributed by atoms with Gasteiger partial charge in [-0.2, -0.15) is 0 Å². The highest BCUT2D eigenvalue weighted by molar-refractivity contribution is 6.03. The van der Waals surface area contributed by atoms with E-state index in [1.54, 1.807) is 0 Å². The summed E-state index contributed by atoms with van der Waals surface area (Å²) >= 11 is 0. The van der Waals surface area contributed by atoms with Gasteiger partial charge in [-0.1, -0.05) is 25.5 Å². The average molecular weight is 371 g/mol. The van der Waals surface area contributed by atoms with Crippen LogP contribution in [0.1, 0.15) is 58.8 Å². The Morgan fingerprint density at radius 2 is 2.00 bits per heavy atom. The first-order valence-corrected chi connectivity index (χ1v) is 10.3. The molecular weight excluding hydrogens is 342 g/mol. The summed E-state index contributed by atoms with van der Waals surface area (Å²) < 4.78 is 5.25. The van der Waals surface area contributed by atoms with Gasteiger partial charge in [-0.3, -0.25) is 4.79 Å². The van der Waals surface area contributed by atoms with Crippen molar-refractivity contribution in [3.8, 4) is 0 Å². The smallest absolute Gasteiger partial charge is 0.256 e. The van der Waals surface area contributed by atoms with E-state index in [1.807, 2.05) is 6.08 Å². The van der Waals surface area contributed by atoms with Crippen molar-refractivity contribution in [2.24, 2.45) is 27.7 Å². The first kappa shape index (κ1) is 17.8. The molecule has 5 heteroatoms. The van der Waals surface area contributed by atoms with Crippen LogP contribution in [-0.4, -0.2) is 40.3 Å². The minimum absolute atomic E-state index is 0.0226. The summed E-state index contributed by atoms with van der Waals surface area (Å²) in [5, 5.41) is 21.7. The number of rotatable bonds is 1. The quantitative estimate of drug-likeness (QED) is 0.743. The van der Waals surface area contributed by atoms with Gasteiger partial charge in [0, 0.05) is 11.8 Å². The summed E-state index contributed by atoms with van der Waals surface area (Å²) in [6.07, 6.45) is 8.84. The van der Waals surface area contributed by atoms with E-state index in [1.165, 1.54) is 11.1 Å². The lowest BCUT2D eigenvalue weighted by Crippen LogP contribution is -2.63. The van der Waals surface area contributed by atoms with Gasteiger partial charge >= 0.3 is 0 Å². The van der Waals surface area contributed by atoms with Gasteiger partial charge < -0.3 is 14.9 Å². The maximum absolute atomic E-state index is 12.0. The number of aliphatic hydroxyl groups is 2. The minimum Gasteiger partial charge on any atom is -0.389 e. The Balaban J connectivity index is 1.50. The lowest BCUT2D eigenvalue weighted by atomic mass is 9.44. The molecule has 4 aliphatic carbocycles. The molecule has 0 aromatic rings. The van der Waals surface area contributed by atoms with Crippen LogP contribution in [0, 0.1) is 22.7 Å². The van der Waals surface area contributed by atoms with Gasteiger partial charge in [-0.15, -0.1) is 0 Å². The SMILES string of the molecule is C[C@]12CCC(=O)C=C1CC[C@H]1[C@@H]3CC=C(C4=NC(O)OC4)[C@@]3(C)CC[C@@]12O. The third-order valence-electron chi connectivity index (χ3n) is 8.68. The number of hydrogen-bond donors (Lipinski definition) is 2. The highest BCUT2D eigenvalue weighted by atomic mass is 16.6. The van der Waals surface area contributed by atoms with Crippen LogP contribution >= 0.6 is 0 Å². The van der Waals surface area contributed by atoms with E-state index < -0.39 is 12.0 Å². The fourth-order valence-electron chi connectivity index (χ4n) is 7.03. The summed E-state index contributed by atoms with van der Waals surface area (Å²) in [6.45, 7) is 4.87. The maximum Gasteiger partial charge on any atom is 0.256 e. The Morgan fingerprint density at radius 1 is 1.19 bits per heavy atom. The summed E-state index contributed by atoms with van der Waals surface area (Å²) in [4.78, 5) is 16.3. The van der Waals surface area contributed by atoms with Crippen LogP contribution in [0.2, 0.25) is 0 Å². The van der Waals surface area contributed by atoms with E-state index in [4.69, 9.17) is 4.74 Å². The van der Waals surface area contributed by atoms with E-state index in [0.29, 0.717) is 18.9 Å². The molecule has 0 radical (unpaired) electrons. The zero-order valence-electron chi connectivity index (χ0n) is 16.2. The molecule has 1 unspecified atom stereocenters. The number of aliphatic hydroxyl groups excluding tert-OH is 1. The van der Waals surface area contributed by atoms with Crippen LogP contribution in [0.4, 0.5) is 0 Å². The molecule has 1 aliphatic heterocycles. The molecule has 0 aromatic carbocycles. The van der Waals surface area contributed by atoms with E-state index >= 15 is 0 Å². The van der Waals surface area contributed by atoms with Gasteiger partial charge in [0.25, 0.3) is 6.41 Å². The molecule has 0 aromatic heterocycles. The van der Waals surface area contributed by atoms with Crippen molar-refractivity contribution in [2.75, 3.05) is 6.61 Å². The number of allylic oxidation sites excluding steroid dienone is 2. The van der Waals surface area contributed by atoms with E-state index in [0.717, 1.165) is 44.2 Å². The number of nitrogens with zero attached hydrogens (tertiary/aromatic N) is 1. The Hall–Kier alpha value is -1.30. The number of ether oxygens (including phenoxy) is 1. The fraction of sp³-hybridized carbons (Fsp3) is 0.727. The van der Waals surface area contributed by atoms with Crippen LogP contribution in [0.3, 0.4) is 0 Å². The van der Waals surface area contributed by atoms with E-state index in [-0.39, 0.29) is 22.5 Å². The molecule has 5 aliphatic rings. The molecule has 146 valence electrons. The van der Waals surface area contributed by atoms with Gasteiger partial charge in [0.1, 0.15) is 0 Å². The van der Waals surface area contributed by atoms with Crippen LogP contribution in [0.5, 0.6) is 0 Å². The van der Waals surface area contributed by atoms with Gasteiger partial charge in [0.15, 0.2) is 5.78 Å². The largest absolute Gasteiger partial charge is 0.389 e. The van der Waals surface area contributed by atoms with Gasteiger partial charge in [0.2, 0.25) is 0 Å². The highest BCUT2D eigenvalue weighted by Crippen LogP contribution is 2.67. The molecule has 5 nitrogen and oxygen atoms in total. The van der Waals surface area contributed by atoms with Gasteiger partial charge in [0.05, 0.1) is 17.9 Å². The van der Waals surface area contributed by atoms with Crippen LogP contribution in [0.15, 0.2) is 28.3 Å². The number of aliphatic imine (C=N–C) groups is 1. The zero-order chi connectivity index (χ0) is 19.0. The van der Waals surface area contributed by atoms with E-state index in [2.05, 4.69) is 24.9 Å². The minimum atomic E-state index is -1.04. The summed E-state index contributed by atoms with van der Waals surface area (Å²) in [5.41, 5.74) is 2.23. The highest BCUT2D eigenvalue weighted by Gasteiger charge is 2.64. The lowest BCUT2D eigenvalue weighted by Gasteiger charge is -2.62. The second-order valence-electron chi connectivity index (χ2n) is 9.63. The van der Waals surface area contributed by atoms with Crippen LogP contribution in [0.25, 0.3) is 0 Å². The zero-order valence-corrected chi connectivity index (χ0v) is 16.2. The summed E-state index contributed by atoms with van der Waals surface area (Å²) in [7, 11) is 0. The second kappa shape index (κ2) is 5.62. The van der Waals surface area contributed by atoms with E-state index in [9.17, 15) is 15.0 Å². The number of carbonyl (C=O) groups is 1. The monoisotopic (exact) mass is 371 g/mol. The van der Waals surface area contributed by atoms with Crippen molar-refractivity contribution in [3.05, 3.63) is 23.3 Å². The molecule has 0 spiro atoms. The molecule has 0 amide bonds. The molecule has 0 saturated heterocycles. The Kier molecular flexibility index (Phi) is 3.70. The third kappa shape index (κ3) is 2.22. The van der Waals surface area contributed by atoms with Crippen molar-refractivity contribution in [3.63, 3.8) is 0 Å². The van der Waals surface area contributed by atoms with Gasteiger partial charge in [-0.25, -0.2) is 4.99 Å². The van der Waals surface area contributed by atoms with Crippen molar-refractivity contribution in [2.45, 2.75) is 70.8 Å². The van der Waals surface area contributed by atoms with Crippen molar-refractivity contribution in [1.82, 2.24) is 0 Å². The molecule has 6 atom stereocenters. The predicted octanol–water partition coefficient (Wildman–Crippen LogP) is 2.92. The number of ketones is 1. The molecule has 2 fully saturated rings. The molecule has 2 N–H and O–H groups in total. The van der Waals surface area contributed by atoms with Crippen molar-refractivity contribution < 1.29 is 19.7 Å².